The van der Waals surface area contributed by atoms with E-state index in [0.717, 1.165) is 5.69 Å². The summed E-state index contributed by atoms with van der Waals surface area (Å²) in [5.74, 6) is 1.30. The molecule has 8 heteroatoms. The number of para-hydroxylation sites is 1. The molecule has 0 spiro atoms. The molecule has 122 valence electrons. The smallest absolute Gasteiger partial charge is 0.324 e. The number of nitrogens with zero attached hydrogens (tertiary/aromatic N) is 6. The van der Waals surface area contributed by atoms with E-state index in [4.69, 9.17) is 0 Å². The molecule has 3 aromatic rings. The predicted molar refractivity (Wildman–Crippen MR) is 89.8 cm³/mol. The number of nitro groups is 1. The highest BCUT2D eigenvalue weighted by Crippen LogP contribution is 2.33. The zero-order chi connectivity index (χ0) is 17.3. The molecule has 0 N–H and O–H groups in total. The molecule has 1 aromatic carbocycles. The van der Waals surface area contributed by atoms with E-state index in [-0.39, 0.29) is 11.5 Å². The molecule has 0 aliphatic heterocycles. The number of hydrogen-bond acceptors (Lipinski definition) is 6. The third kappa shape index (κ3) is 2.69. The van der Waals surface area contributed by atoms with Gasteiger partial charge in [0, 0.05) is 25.1 Å². The molecule has 0 saturated heterocycles. The van der Waals surface area contributed by atoms with E-state index >= 15 is 0 Å². The van der Waals surface area contributed by atoms with Gasteiger partial charge in [-0.3, -0.25) is 14.7 Å². The zero-order valence-corrected chi connectivity index (χ0v) is 13.5. The highest BCUT2D eigenvalue weighted by Gasteiger charge is 2.26. The summed E-state index contributed by atoms with van der Waals surface area (Å²) in [6, 6.07) is 9.35. The van der Waals surface area contributed by atoms with Crippen molar-refractivity contribution in [2.45, 2.75) is 13.8 Å². The van der Waals surface area contributed by atoms with Crippen LogP contribution in [0.2, 0.25) is 0 Å². The highest BCUT2D eigenvalue weighted by molar-refractivity contribution is 5.69. The lowest BCUT2D eigenvalue weighted by Crippen LogP contribution is -2.17. The van der Waals surface area contributed by atoms with E-state index in [1.165, 1.54) is 0 Å². The fourth-order valence-corrected chi connectivity index (χ4v) is 2.46. The van der Waals surface area contributed by atoms with Gasteiger partial charge in [-0.2, -0.15) is 4.98 Å². The summed E-state index contributed by atoms with van der Waals surface area (Å²) in [6.45, 7) is 3.43. The van der Waals surface area contributed by atoms with E-state index in [9.17, 15) is 10.1 Å². The minimum absolute atomic E-state index is 0.108. The second-order valence-corrected chi connectivity index (χ2v) is 5.28. The summed E-state index contributed by atoms with van der Waals surface area (Å²) in [4.78, 5) is 25.6. The number of rotatable bonds is 4. The van der Waals surface area contributed by atoms with Gasteiger partial charge in [0.15, 0.2) is 0 Å². The van der Waals surface area contributed by atoms with Gasteiger partial charge in [-0.05, 0) is 26.0 Å². The number of aryl methyl sites for hydroxylation is 2. The summed E-state index contributed by atoms with van der Waals surface area (Å²) < 4.78 is 1.69. The maximum atomic E-state index is 11.5. The van der Waals surface area contributed by atoms with Crippen LogP contribution in [0, 0.1) is 24.0 Å². The minimum Gasteiger partial charge on any atom is -0.324 e. The number of hydrogen-bond donors (Lipinski definition) is 0. The van der Waals surface area contributed by atoms with Crippen LogP contribution in [0.5, 0.6) is 0 Å². The maximum absolute atomic E-state index is 11.5. The Bertz CT molecular complexity index is 891. The molecule has 0 fully saturated rings. The van der Waals surface area contributed by atoms with Gasteiger partial charge in [0.25, 0.3) is 0 Å². The SMILES string of the molecule is Cc1nc(-n2ccnc2C)nc(N(C)c2ccccc2)c1[N+](=O)[O-]. The molecule has 0 unspecified atom stereocenters. The van der Waals surface area contributed by atoms with Crippen LogP contribution < -0.4 is 4.90 Å². The van der Waals surface area contributed by atoms with Gasteiger partial charge >= 0.3 is 5.69 Å². The van der Waals surface area contributed by atoms with Crippen LogP contribution in [-0.4, -0.2) is 31.5 Å². The lowest BCUT2D eigenvalue weighted by Gasteiger charge is -2.19. The monoisotopic (exact) mass is 324 g/mol. The van der Waals surface area contributed by atoms with Gasteiger partial charge in [-0.15, -0.1) is 0 Å². The van der Waals surface area contributed by atoms with Crippen molar-refractivity contribution in [3.05, 3.63) is 64.4 Å². The summed E-state index contributed by atoms with van der Waals surface area (Å²) in [5, 5.41) is 11.5. The topological polar surface area (TPSA) is 90.0 Å². The normalized spacial score (nSPS) is 10.6. The van der Waals surface area contributed by atoms with E-state index in [2.05, 4.69) is 15.0 Å². The molecule has 8 nitrogen and oxygen atoms in total. The molecule has 0 amide bonds. The Morgan fingerprint density at radius 2 is 1.88 bits per heavy atom. The number of anilines is 2. The Balaban J connectivity index is 2.20. The van der Waals surface area contributed by atoms with Gasteiger partial charge in [-0.25, -0.2) is 9.97 Å². The van der Waals surface area contributed by atoms with Crippen LogP contribution in [-0.2, 0) is 0 Å². The van der Waals surface area contributed by atoms with Crippen molar-refractivity contribution in [1.29, 1.82) is 0 Å². The maximum Gasteiger partial charge on any atom is 0.333 e. The average Bonchev–Trinajstić information content (AvgIpc) is 3.00. The second kappa shape index (κ2) is 6.07. The predicted octanol–water partition coefficient (Wildman–Crippen LogP) is 2.96. The number of benzene rings is 1. The van der Waals surface area contributed by atoms with Crippen molar-refractivity contribution < 1.29 is 4.92 Å². The molecule has 0 aliphatic rings. The quantitative estimate of drug-likeness (QED) is 0.541. The van der Waals surface area contributed by atoms with Crippen LogP contribution >= 0.6 is 0 Å². The van der Waals surface area contributed by atoms with E-state index in [1.807, 2.05) is 37.3 Å². The molecule has 3 rings (SSSR count). The van der Waals surface area contributed by atoms with Gasteiger partial charge < -0.3 is 4.90 Å². The fourth-order valence-electron chi connectivity index (χ4n) is 2.46. The third-order valence-electron chi connectivity index (χ3n) is 3.71. The van der Waals surface area contributed by atoms with Gasteiger partial charge in [0.2, 0.25) is 11.8 Å². The lowest BCUT2D eigenvalue weighted by atomic mass is 10.2. The first-order valence-corrected chi connectivity index (χ1v) is 7.31. The Morgan fingerprint density at radius 3 is 2.46 bits per heavy atom. The van der Waals surface area contributed by atoms with Crippen LogP contribution in [0.25, 0.3) is 5.95 Å². The Morgan fingerprint density at radius 1 is 1.17 bits per heavy atom. The van der Waals surface area contributed by atoms with E-state index in [1.54, 1.807) is 35.8 Å². The molecular formula is C16H16N6O2. The van der Waals surface area contributed by atoms with Crippen LogP contribution in [0.1, 0.15) is 11.5 Å². The molecular weight excluding hydrogens is 308 g/mol. The molecule has 2 aromatic heterocycles. The molecule has 0 atom stereocenters. The minimum atomic E-state index is -0.450. The van der Waals surface area contributed by atoms with Crippen molar-refractivity contribution in [3.63, 3.8) is 0 Å². The first-order chi connectivity index (χ1) is 11.5. The first-order valence-electron chi connectivity index (χ1n) is 7.31. The fraction of sp³-hybridized carbons (Fsp3) is 0.188. The number of aromatic nitrogens is 4. The van der Waals surface area contributed by atoms with Crippen molar-refractivity contribution in [3.8, 4) is 5.95 Å². The second-order valence-electron chi connectivity index (χ2n) is 5.28. The van der Waals surface area contributed by atoms with Crippen molar-refractivity contribution >= 4 is 17.2 Å². The van der Waals surface area contributed by atoms with Gasteiger partial charge in [-0.1, -0.05) is 18.2 Å². The average molecular weight is 324 g/mol. The highest BCUT2D eigenvalue weighted by atomic mass is 16.6. The molecule has 0 aliphatic carbocycles. The number of imidazole rings is 1. The Hall–Kier alpha value is -3.29. The van der Waals surface area contributed by atoms with Gasteiger partial charge in [0.05, 0.1) is 4.92 Å². The molecule has 0 saturated carbocycles. The summed E-state index contributed by atoms with van der Waals surface area (Å²) in [5.41, 5.74) is 0.991. The zero-order valence-electron chi connectivity index (χ0n) is 13.5. The molecule has 0 radical (unpaired) electrons. The van der Waals surface area contributed by atoms with Crippen LogP contribution in [0.15, 0.2) is 42.7 Å². The van der Waals surface area contributed by atoms with Crippen molar-refractivity contribution in [1.82, 2.24) is 19.5 Å². The summed E-state index contributed by atoms with van der Waals surface area (Å²) in [6.07, 6.45) is 3.36. The summed E-state index contributed by atoms with van der Waals surface area (Å²) in [7, 11) is 1.74. The molecule has 24 heavy (non-hydrogen) atoms. The van der Waals surface area contributed by atoms with Gasteiger partial charge in [0.1, 0.15) is 11.5 Å². The third-order valence-corrected chi connectivity index (χ3v) is 3.71. The van der Waals surface area contributed by atoms with Crippen LogP contribution in [0.4, 0.5) is 17.2 Å². The van der Waals surface area contributed by atoms with E-state index in [0.29, 0.717) is 17.5 Å². The summed E-state index contributed by atoms with van der Waals surface area (Å²) >= 11 is 0. The largest absolute Gasteiger partial charge is 0.333 e. The Labute approximate surface area is 138 Å². The standard InChI is InChI=1S/C16H16N6O2/c1-11-14(22(23)24)15(20(3)13-7-5-4-6-8-13)19-16(18-11)21-10-9-17-12(21)2/h4-10H,1-3H3. The van der Waals surface area contributed by atoms with Crippen molar-refractivity contribution in [2.24, 2.45) is 0 Å². The van der Waals surface area contributed by atoms with Crippen LogP contribution in [0.3, 0.4) is 0 Å². The molecule has 2 heterocycles. The lowest BCUT2D eigenvalue weighted by molar-refractivity contribution is -0.385. The first kappa shape index (κ1) is 15.6. The van der Waals surface area contributed by atoms with Crippen molar-refractivity contribution in [2.75, 3.05) is 11.9 Å². The molecule has 0 bridgehead atoms. The van der Waals surface area contributed by atoms with E-state index < -0.39 is 4.92 Å². The Kier molecular flexibility index (Phi) is 3.95.